The summed E-state index contributed by atoms with van der Waals surface area (Å²) >= 11 is 0. The van der Waals surface area contributed by atoms with Crippen LogP contribution in [0.15, 0.2) is 18.2 Å². The molecular weight excluding hydrogens is 250 g/mol. The van der Waals surface area contributed by atoms with Gasteiger partial charge >= 0.3 is 0 Å². The van der Waals surface area contributed by atoms with E-state index in [0.717, 1.165) is 18.6 Å². The molecule has 104 valence electrons. The Hall–Kier alpha value is -1.49. The molecule has 1 aliphatic rings. The van der Waals surface area contributed by atoms with Crippen molar-refractivity contribution in [2.45, 2.75) is 38.3 Å². The zero-order chi connectivity index (χ0) is 14.2. The van der Waals surface area contributed by atoms with Gasteiger partial charge in [0.2, 0.25) is 5.91 Å². The highest BCUT2D eigenvalue weighted by molar-refractivity contribution is 5.80. The van der Waals surface area contributed by atoms with Crippen LogP contribution in [0.5, 0.6) is 0 Å². The summed E-state index contributed by atoms with van der Waals surface area (Å²) in [5, 5.41) is 0. The fraction of sp³-hybridized carbons (Fsp3) is 0.500. The number of rotatable bonds is 2. The molecule has 1 saturated heterocycles. The third kappa shape index (κ3) is 2.61. The van der Waals surface area contributed by atoms with E-state index in [1.807, 2.05) is 13.8 Å². The first kappa shape index (κ1) is 13.9. The summed E-state index contributed by atoms with van der Waals surface area (Å²) < 4.78 is 25.9. The molecule has 3 nitrogen and oxygen atoms in total. The SMILES string of the molecule is CC1(C)C(N)CCN1C(=O)Cc1ccc(F)c(F)c1. The molecule has 2 N–H and O–H groups in total. The molecule has 0 spiro atoms. The molecule has 1 heterocycles. The van der Waals surface area contributed by atoms with Crippen LogP contribution in [0, 0.1) is 11.6 Å². The molecular formula is C14H18F2N2O. The van der Waals surface area contributed by atoms with E-state index in [1.165, 1.54) is 6.07 Å². The van der Waals surface area contributed by atoms with Gasteiger partial charge in [-0.15, -0.1) is 0 Å². The maximum Gasteiger partial charge on any atom is 0.227 e. The second kappa shape index (κ2) is 4.89. The molecule has 1 aromatic carbocycles. The number of hydrogen-bond donors (Lipinski definition) is 1. The maximum absolute atomic E-state index is 13.1. The summed E-state index contributed by atoms with van der Waals surface area (Å²) in [6, 6.07) is 3.48. The number of nitrogens with two attached hydrogens (primary N) is 1. The van der Waals surface area contributed by atoms with Crippen molar-refractivity contribution in [3.8, 4) is 0 Å². The topological polar surface area (TPSA) is 46.3 Å². The average molecular weight is 268 g/mol. The first-order valence-electron chi connectivity index (χ1n) is 6.32. The molecule has 0 bridgehead atoms. The number of nitrogens with zero attached hydrogens (tertiary/aromatic N) is 1. The fourth-order valence-electron chi connectivity index (χ4n) is 2.48. The van der Waals surface area contributed by atoms with E-state index >= 15 is 0 Å². The molecule has 5 heteroatoms. The molecule has 0 aliphatic carbocycles. The van der Waals surface area contributed by atoms with Crippen molar-refractivity contribution in [2.75, 3.05) is 6.54 Å². The Kier molecular flexibility index (Phi) is 3.58. The minimum atomic E-state index is -0.928. The molecule has 1 aliphatic heterocycles. The first-order chi connectivity index (χ1) is 8.82. The molecule has 0 aromatic heterocycles. The molecule has 1 aromatic rings. The van der Waals surface area contributed by atoms with Crippen molar-refractivity contribution < 1.29 is 13.6 Å². The van der Waals surface area contributed by atoms with Gasteiger partial charge in [-0.2, -0.15) is 0 Å². The van der Waals surface area contributed by atoms with Crippen molar-refractivity contribution in [1.82, 2.24) is 4.90 Å². The summed E-state index contributed by atoms with van der Waals surface area (Å²) in [6.07, 6.45) is 0.823. The summed E-state index contributed by atoms with van der Waals surface area (Å²) in [6.45, 7) is 4.46. The highest BCUT2D eigenvalue weighted by Crippen LogP contribution is 2.28. The van der Waals surface area contributed by atoms with Gasteiger partial charge in [-0.3, -0.25) is 4.79 Å². The van der Waals surface area contributed by atoms with Gasteiger partial charge in [0.15, 0.2) is 11.6 Å². The normalized spacial score (nSPS) is 21.7. The van der Waals surface area contributed by atoms with Gasteiger partial charge in [0.05, 0.1) is 12.0 Å². The number of amides is 1. The lowest BCUT2D eigenvalue weighted by Gasteiger charge is -2.34. The van der Waals surface area contributed by atoms with Crippen LogP contribution in [-0.2, 0) is 11.2 Å². The van der Waals surface area contributed by atoms with Crippen molar-refractivity contribution >= 4 is 5.91 Å². The van der Waals surface area contributed by atoms with E-state index < -0.39 is 17.2 Å². The Balaban J connectivity index is 2.11. The van der Waals surface area contributed by atoms with Gasteiger partial charge in [0, 0.05) is 12.6 Å². The average Bonchev–Trinajstić information content (AvgIpc) is 2.59. The quantitative estimate of drug-likeness (QED) is 0.889. The van der Waals surface area contributed by atoms with E-state index in [1.54, 1.807) is 4.90 Å². The highest BCUT2D eigenvalue weighted by Gasteiger charge is 2.41. The Morgan fingerprint density at radius 1 is 1.42 bits per heavy atom. The number of carbonyl (C=O) groups is 1. The number of benzene rings is 1. The third-order valence-electron chi connectivity index (χ3n) is 3.91. The van der Waals surface area contributed by atoms with Gasteiger partial charge < -0.3 is 10.6 Å². The van der Waals surface area contributed by atoms with E-state index in [0.29, 0.717) is 12.1 Å². The van der Waals surface area contributed by atoms with Crippen LogP contribution in [-0.4, -0.2) is 28.9 Å². The maximum atomic E-state index is 13.1. The predicted molar refractivity (Wildman–Crippen MR) is 68.4 cm³/mol. The van der Waals surface area contributed by atoms with Gasteiger partial charge in [-0.1, -0.05) is 6.07 Å². The van der Waals surface area contributed by atoms with E-state index in [2.05, 4.69) is 0 Å². The van der Waals surface area contributed by atoms with Crippen LogP contribution in [0.4, 0.5) is 8.78 Å². The standard InChI is InChI=1S/C14H18F2N2O/c1-14(2)12(17)5-6-18(14)13(19)8-9-3-4-10(15)11(16)7-9/h3-4,7,12H,5-6,8,17H2,1-2H3. The van der Waals surface area contributed by atoms with Gasteiger partial charge in [0.1, 0.15) is 0 Å². The van der Waals surface area contributed by atoms with Crippen LogP contribution in [0.3, 0.4) is 0 Å². The summed E-state index contributed by atoms with van der Waals surface area (Å²) in [5.74, 6) is -1.94. The van der Waals surface area contributed by atoms with Crippen molar-refractivity contribution in [3.05, 3.63) is 35.4 Å². The summed E-state index contributed by atoms with van der Waals surface area (Å²) in [5.41, 5.74) is 6.05. The predicted octanol–water partition coefficient (Wildman–Crippen LogP) is 1.85. The number of halogens is 2. The molecule has 1 amide bonds. The zero-order valence-electron chi connectivity index (χ0n) is 11.1. The minimum absolute atomic E-state index is 0.0543. The van der Waals surface area contributed by atoms with E-state index in [9.17, 15) is 13.6 Å². The molecule has 1 unspecified atom stereocenters. The van der Waals surface area contributed by atoms with Gasteiger partial charge in [0.25, 0.3) is 0 Å². The lowest BCUT2D eigenvalue weighted by molar-refractivity contribution is -0.133. The zero-order valence-corrected chi connectivity index (χ0v) is 11.1. The number of carbonyl (C=O) groups excluding carboxylic acids is 1. The Labute approximate surface area is 111 Å². The van der Waals surface area contributed by atoms with Crippen LogP contribution >= 0.6 is 0 Å². The Bertz CT molecular complexity index is 502. The van der Waals surface area contributed by atoms with Crippen molar-refractivity contribution in [1.29, 1.82) is 0 Å². The summed E-state index contributed by atoms with van der Waals surface area (Å²) in [4.78, 5) is 13.9. The fourth-order valence-corrected chi connectivity index (χ4v) is 2.48. The lowest BCUT2D eigenvalue weighted by Crippen LogP contribution is -2.51. The van der Waals surface area contributed by atoms with Crippen LogP contribution in [0.1, 0.15) is 25.8 Å². The van der Waals surface area contributed by atoms with Crippen LogP contribution in [0.25, 0.3) is 0 Å². The van der Waals surface area contributed by atoms with Gasteiger partial charge in [-0.05, 0) is 38.0 Å². The Morgan fingerprint density at radius 3 is 2.63 bits per heavy atom. The lowest BCUT2D eigenvalue weighted by atomic mass is 9.96. The molecule has 0 radical (unpaired) electrons. The second-order valence-corrected chi connectivity index (χ2v) is 5.52. The monoisotopic (exact) mass is 268 g/mol. The number of hydrogen-bond acceptors (Lipinski definition) is 2. The highest BCUT2D eigenvalue weighted by atomic mass is 19.2. The van der Waals surface area contributed by atoms with Crippen LogP contribution in [0.2, 0.25) is 0 Å². The second-order valence-electron chi connectivity index (χ2n) is 5.52. The molecule has 2 rings (SSSR count). The van der Waals surface area contributed by atoms with Crippen LogP contribution < -0.4 is 5.73 Å². The molecule has 0 saturated carbocycles. The molecule has 19 heavy (non-hydrogen) atoms. The Morgan fingerprint density at radius 2 is 2.11 bits per heavy atom. The third-order valence-corrected chi connectivity index (χ3v) is 3.91. The molecule has 1 atom stereocenters. The first-order valence-corrected chi connectivity index (χ1v) is 6.32. The summed E-state index contributed by atoms with van der Waals surface area (Å²) in [7, 11) is 0. The number of likely N-dealkylation sites (tertiary alicyclic amines) is 1. The van der Waals surface area contributed by atoms with Crippen molar-refractivity contribution in [2.24, 2.45) is 5.73 Å². The van der Waals surface area contributed by atoms with E-state index in [-0.39, 0.29) is 18.4 Å². The van der Waals surface area contributed by atoms with Crippen molar-refractivity contribution in [3.63, 3.8) is 0 Å². The largest absolute Gasteiger partial charge is 0.336 e. The van der Waals surface area contributed by atoms with E-state index in [4.69, 9.17) is 5.73 Å². The smallest absolute Gasteiger partial charge is 0.227 e. The minimum Gasteiger partial charge on any atom is -0.336 e. The molecule has 1 fully saturated rings. The van der Waals surface area contributed by atoms with Gasteiger partial charge in [-0.25, -0.2) is 8.78 Å².